The van der Waals surface area contributed by atoms with Gasteiger partial charge in [0.1, 0.15) is 6.33 Å². The maximum absolute atomic E-state index is 11.6. The summed E-state index contributed by atoms with van der Waals surface area (Å²) >= 11 is 1.68. The fourth-order valence-electron chi connectivity index (χ4n) is 1.14. The predicted molar refractivity (Wildman–Crippen MR) is 63.8 cm³/mol. The highest BCUT2D eigenvalue weighted by Gasteiger charge is 2.13. The summed E-state index contributed by atoms with van der Waals surface area (Å²) in [4.78, 5) is 11.6. The Morgan fingerprint density at radius 1 is 1.75 bits per heavy atom. The molecule has 1 rings (SSSR count). The number of amides is 1. The molecule has 0 aliphatic heterocycles. The van der Waals surface area contributed by atoms with E-state index in [0.29, 0.717) is 18.8 Å². The van der Waals surface area contributed by atoms with Gasteiger partial charge in [-0.25, -0.2) is 0 Å². The van der Waals surface area contributed by atoms with Crippen molar-refractivity contribution in [3.63, 3.8) is 0 Å². The minimum Gasteiger partial charge on any atom is -0.347 e. The summed E-state index contributed by atoms with van der Waals surface area (Å²) in [6, 6.07) is -0.444. The molecule has 90 valence electrons. The van der Waals surface area contributed by atoms with Crippen molar-refractivity contribution in [1.29, 1.82) is 0 Å². The van der Waals surface area contributed by atoms with Crippen molar-refractivity contribution >= 4 is 17.7 Å². The van der Waals surface area contributed by atoms with E-state index in [1.165, 1.54) is 0 Å². The van der Waals surface area contributed by atoms with Crippen molar-refractivity contribution in [2.45, 2.75) is 19.0 Å². The Morgan fingerprint density at radius 3 is 3.06 bits per heavy atom. The zero-order valence-electron chi connectivity index (χ0n) is 9.51. The molecule has 0 aliphatic rings. The van der Waals surface area contributed by atoms with Gasteiger partial charge in [0.05, 0.1) is 12.6 Å². The van der Waals surface area contributed by atoms with Crippen LogP contribution in [0.15, 0.2) is 6.33 Å². The van der Waals surface area contributed by atoms with Gasteiger partial charge in [-0.05, 0) is 18.4 Å². The number of nitrogens with two attached hydrogens (primary N) is 1. The van der Waals surface area contributed by atoms with Gasteiger partial charge in [0.25, 0.3) is 0 Å². The third kappa shape index (κ3) is 3.82. The highest BCUT2D eigenvalue weighted by atomic mass is 32.2. The third-order valence-electron chi connectivity index (χ3n) is 2.20. The van der Waals surface area contributed by atoms with Crippen LogP contribution in [0, 0.1) is 0 Å². The van der Waals surface area contributed by atoms with Gasteiger partial charge in [-0.15, -0.1) is 10.2 Å². The highest BCUT2D eigenvalue weighted by molar-refractivity contribution is 7.98. The van der Waals surface area contributed by atoms with E-state index < -0.39 is 6.04 Å². The Balaban J connectivity index is 2.32. The highest BCUT2D eigenvalue weighted by Crippen LogP contribution is 1.99. The number of nitrogens with one attached hydrogen (secondary N) is 1. The molecule has 0 aliphatic carbocycles. The monoisotopic (exact) mass is 243 g/mol. The number of thioether (sulfide) groups is 1. The minimum absolute atomic E-state index is 0.142. The summed E-state index contributed by atoms with van der Waals surface area (Å²) in [5, 5.41) is 10.3. The molecule has 1 atom stereocenters. The van der Waals surface area contributed by atoms with Gasteiger partial charge in [0, 0.05) is 7.05 Å². The second kappa shape index (κ2) is 6.49. The van der Waals surface area contributed by atoms with Gasteiger partial charge in [-0.2, -0.15) is 11.8 Å². The SMILES string of the molecule is CSCC[C@H](N)C(=O)NCc1nncn1C. The Labute approximate surface area is 99.0 Å². The van der Waals surface area contributed by atoms with Crippen LogP contribution >= 0.6 is 11.8 Å². The number of hydrogen-bond donors (Lipinski definition) is 2. The minimum atomic E-state index is -0.444. The van der Waals surface area contributed by atoms with E-state index in [1.807, 2.05) is 13.3 Å². The van der Waals surface area contributed by atoms with Crippen molar-refractivity contribution in [2.24, 2.45) is 12.8 Å². The lowest BCUT2D eigenvalue weighted by Crippen LogP contribution is -2.40. The molecule has 3 N–H and O–H groups in total. The van der Waals surface area contributed by atoms with E-state index in [2.05, 4.69) is 15.5 Å². The maximum atomic E-state index is 11.6. The number of aromatic nitrogens is 3. The van der Waals surface area contributed by atoms with Crippen LogP contribution in [0.25, 0.3) is 0 Å². The fourth-order valence-corrected chi connectivity index (χ4v) is 1.63. The van der Waals surface area contributed by atoms with Crippen molar-refractivity contribution in [2.75, 3.05) is 12.0 Å². The van der Waals surface area contributed by atoms with E-state index in [0.717, 1.165) is 5.75 Å². The smallest absolute Gasteiger partial charge is 0.237 e. The Morgan fingerprint density at radius 2 is 2.50 bits per heavy atom. The van der Waals surface area contributed by atoms with E-state index >= 15 is 0 Å². The molecular formula is C9H17N5OS. The van der Waals surface area contributed by atoms with Crippen LogP contribution in [-0.2, 0) is 18.4 Å². The molecule has 0 radical (unpaired) electrons. The van der Waals surface area contributed by atoms with Gasteiger partial charge < -0.3 is 15.6 Å². The zero-order chi connectivity index (χ0) is 12.0. The molecule has 0 fully saturated rings. The van der Waals surface area contributed by atoms with Gasteiger partial charge in [-0.1, -0.05) is 0 Å². The zero-order valence-corrected chi connectivity index (χ0v) is 10.3. The van der Waals surface area contributed by atoms with Crippen LogP contribution in [0.2, 0.25) is 0 Å². The molecule has 0 saturated heterocycles. The predicted octanol–water partition coefficient (Wildman–Crippen LogP) is -0.488. The first-order chi connectivity index (χ1) is 7.65. The number of hydrogen-bond acceptors (Lipinski definition) is 5. The third-order valence-corrected chi connectivity index (χ3v) is 2.84. The van der Waals surface area contributed by atoms with E-state index in [-0.39, 0.29) is 5.91 Å². The molecule has 0 aromatic carbocycles. The normalized spacial score (nSPS) is 12.4. The summed E-state index contributed by atoms with van der Waals surface area (Å²) in [6.07, 6.45) is 4.27. The molecule has 16 heavy (non-hydrogen) atoms. The fraction of sp³-hybridized carbons (Fsp3) is 0.667. The number of aryl methyl sites for hydroxylation is 1. The van der Waals surface area contributed by atoms with E-state index in [4.69, 9.17) is 5.73 Å². The summed E-state index contributed by atoms with van der Waals surface area (Å²) in [5.74, 6) is 1.46. The maximum Gasteiger partial charge on any atom is 0.237 e. The number of nitrogens with zero attached hydrogens (tertiary/aromatic N) is 3. The van der Waals surface area contributed by atoms with E-state index in [9.17, 15) is 4.79 Å². The molecule has 6 nitrogen and oxygen atoms in total. The largest absolute Gasteiger partial charge is 0.347 e. The van der Waals surface area contributed by atoms with Gasteiger partial charge in [0.2, 0.25) is 5.91 Å². The van der Waals surface area contributed by atoms with Crippen LogP contribution in [0.4, 0.5) is 0 Å². The van der Waals surface area contributed by atoms with Crippen LogP contribution in [0.5, 0.6) is 0 Å². The van der Waals surface area contributed by atoms with Crippen molar-refractivity contribution in [1.82, 2.24) is 20.1 Å². The second-order valence-corrected chi connectivity index (χ2v) is 4.45. The van der Waals surface area contributed by atoms with Crippen LogP contribution in [0.1, 0.15) is 12.2 Å². The average Bonchev–Trinajstić information content (AvgIpc) is 2.68. The average molecular weight is 243 g/mol. The van der Waals surface area contributed by atoms with Gasteiger partial charge >= 0.3 is 0 Å². The lowest BCUT2D eigenvalue weighted by Gasteiger charge is -2.10. The standard InChI is InChI=1S/C9H17N5OS/c1-14-6-12-13-8(14)5-11-9(15)7(10)3-4-16-2/h6-7H,3-5,10H2,1-2H3,(H,11,15)/t7-/m0/s1. The number of carbonyl (C=O) groups excluding carboxylic acids is 1. The molecule has 0 saturated carbocycles. The molecule has 1 amide bonds. The first-order valence-electron chi connectivity index (χ1n) is 5.00. The van der Waals surface area contributed by atoms with Crippen molar-refractivity contribution in [3.8, 4) is 0 Å². The summed E-state index contributed by atoms with van der Waals surface area (Å²) in [7, 11) is 1.83. The van der Waals surface area contributed by atoms with Gasteiger partial charge in [0.15, 0.2) is 5.82 Å². The quantitative estimate of drug-likeness (QED) is 0.704. The topological polar surface area (TPSA) is 85.8 Å². The lowest BCUT2D eigenvalue weighted by molar-refractivity contribution is -0.122. The second-order valence-electron chi connectivity index (χ2n) is 3.46. The van der Waals surface area contributed by atoms with Crippen molar-refractivity contribution < 1.29 is 4.79 Å². The summed E-state index contributed by atoms with van der Waals surface area (Å²) in [5.41, 5.74) is 5.71. The molecular weight excluding hydrogens is 226 g/mol. The van der Waals surface area contributed by atoms with Crippen LogP contribution in [0.3, 0.4) is 0 Å². The Hall–Kier alpha value is -1.08. The van der Waals surface area contributed by atoms with Crippen LogP contribution in [-0.4, -0.2) is 38.7 Å². The van der Waals surface area contributed by atoms with Crippen molar-refractivity contribution in [3.05, 3.63) is 12.2 Å². The van der Waals surface area contributed by atoms with Crippen LogP contribution < -0.4 is 11.1 Å². The Kier molecular flexibility index (Phi) is 5.27. The molecule has 0 spiro atoms. The molecule has 1 aromatic rings. The Bertz CT molecular complexity index is 340. The molecule has 1 heterocycles. The first-order valence-corrected chi connectivity index (χ1v) is 6.39. The molecule has 0 bridgehead atoms. The first kappa shape index (κ1) is 13.0. The van der Waals surface area contributed by atoms with Gasteiger partial charge in [-0.3, -0.25) is 4.79 Å². The summed E-state index contributed by atoms with van der Waals surface area (Å²) in [6.45, 7) is 0.363. The summed E-state index contributed by atoms with van der Waals surface area (Å²) < 4.78 is 1.76. The molecule has 7 heteroatoms. The van der Waals surface area contributed by atoms with E-state index in [1.54, 1.807) is 22.7 Å². The molecule has 1 aromatic heterocycles. The number of carbonyl (C=O) groups is 1. The number of rotatable bonds is 6. The molecule has 0 unspecified atom stereocenters. The lowest BCUT2D eigenvalue weighted by atomic mass is 10.2.